The first kappa shape index (κ1) is 15.7. The van der Waals surface area contributed by atoms with Crippen molar-refractivity contribution < 1.29 is 14.3 Å². The summed E-state index contributed by atoms with van der Waals surface area (Å²) in [5.74, 6) is 0.208. The van der Waals surface area contributed by atoms with Gasteiger partial charge in [-0.05, 0) is 19.3 Å². The summed E-state index contributed by atoms with van der Waals surface area (Å²) >= 11 is 8.51. The van der Waals surface area contributed by atoms with Gasteiger partial charge in [-0.15, -0.1) is 0 Å². The normalized spacial score (nSPS) is 22.7. The van der Waals surface area contributed by atoms with Crippen molar-refractivity contribution in [1.29, 1.82) is 0 Å². The van der Waals surface area contributed by atoms with E-state index in [1.165, 1.54) is 7.11 Å². The fourth-order valence-corrected chi connectivity index (χ4v) is 2.74. The molecule has 1 aliphatic heterocycles. The lowest BCUT2D eigenvalue weighted by molar-refractivity contribution is -0.152. The molecule has 3 atom stereocenters. The number of nitrogens with zero attached hydrogens (tertiary/aromatic N) is 1. The molecule has 0 radical (unpaired) electrons. The zero-order valence-corrected chi connectivity index (χ0v) is 12.6. The molecule has 1 aliphatic rings. The van der Waals surface area contributed by atoms with Crippen LogP contribution in [0.1, 0.15) is 26.2 Å². The summed E-state index contributed by atoms with van der Waals surface area (Å²) in [4.78, 5) is 25.5. The summed E-state index contributed by atoms with van der Waals surface area (Å²) in [6.45, 7) is 2.52. The van der Waals surface area contributed by atoms with Gasteiger partial charge in [0.15, 0.2) is 0 Å². The lowest BCUT2D eigenvalue weighted by Crippen LogP contribution is -2.43. The van der Waals surface area contributed by atoms with Crippen LogP contribution in [0.25, 0.3) is 0 Å². The zero-order valence-electron chi connectivity index (χ0n) is 10.8. The van der Waals surface area contributed by atoms with Crippen molar-refractivity contribution in [3.05, 3.63) is 0 Å². The molecule has 0 aliphatic carbocycles. The third kappa shape index (κ3) is 3.82. The third-order valence-corrected chi connectivity index (χ3v) is 4.39. The standard InChI is InChI=1S/C12H21NO3S2/c1-8(6-9(18)7-17)11(14)13-5-3-4-10(13)12(15)16-2/h8-10,17-18H,3-7H2,1-2H3/t8?,9?,10-/m0/s1. The average Bonchev–Trinajstić information content (AvgIpc) is 2.85. The highest BCUT2D eigenvalue weighted by Gasteiger charge is 2.36. The summed E-state index contributed by atoms with van der Waals surface area (Å²) in [6.07, 6.45) is 2.23. The van der Waals surface area contributed by atoms with Gasteiger partial charge in [0.2, 0.25) is 5.91 Å². The van der Waals surface area contributed by atoms with E-state index in [2.05, 4.69) is 25.3 Å². The average molecular weight is 291 g/mol. The van der Waals surface area contributed by atoms with E-state index >= 15 is 0 Å². The van der Waals surface area contributed by atoms with E-state index in [1.54, 1.807) is 4.90 Å². The number of rotatable bonds is 5. The summed E-state index contributed by atoms with van der Waals surface area (Å²) < 4.78 is 4.74. The van der Waals surface area contributed by atoms with Crippen LogP contribution in [0.15, 0.2) is 0 Å². The summed E-state index contributed by atoms with van der Waals surface area (Å²) in [7, 11) is 1.36. The van der Waals surface area contributed by atoms with Crippen molar-refractivity contribution in [1.82, 2.24) is 4.90 Å². The molecule has 6 heteroatoms. The second-order valence-corrected chi connectivity index (χ2v) is 5.78. The fraction of sp³-hybridized carbons (Fsp3) is 0.833. The zero-order chi connectivity index (χ0) is 13.7. The molecule has 0 aromatic carbocycles. The Hall–Kier alpha value is -0.360. The van der Waals surface area contributed by atoms with Crippen molar-refractivity contribution in [3.63, 3.8) is 0 Å². The van der Waals surface area contributed by atoms with Gasteiger partial charge in [0.25, 0.3) is 0 Å². The first-order valence-corrected chi connectivity index (χ1v) is 7.33. The van der Waals surface area contributed by atoms with Gasteiger partial charge >= 0.3 is 5.97 Å². The second-order valence-electron chi connectivity index (χ2n) is 4.69. The Morgan fingerprint density at radius 1 is 1.50 bits per heavy atom. The molecule has 0 aromatic heterocycles. The lowest BCUT2D eigenvalue weighted by Gasteiger charge is -2.26. The Bertz CT molecular complexity index is 312. The molecule has 0 bridgehead atoms. The van der Waals surface area contributed by atoms with E-state index in [-0.39, 0.29) is 23.0 Å². The van der Waals surface area contributed by atoms with Crippen LogP contribution in [0.4, 0.5) is 0 Å². The minimum Gasteiger partial charge on any atom is -0.467 e. The Morgan fingerprint density at radius 3 is 2.72 bits per heavy atom. The van der Waals surface area contributed by atoms with Gasteiger partial charge in [-0.1, -0.05) is 6.92 Å². The number of methoxy groups -OCH3 is 1. The number of carbonyl (C=O) groups excluding carboxylic acids is 2. The molecular formula is C12H21NO3S2. The summed E-state index contributed by atoms with van der Waals surface area (Å²) in [5, 5.41) is 0.103. The SMILES string of the molecule is COC(=O)[C@@H]1CCCN1C(=O)C(C)CC(S)CS. The van der Waals surface area contributed by atoms with Crippen LogP contribution in [0.5, 0.6) is 0 Å². The molecule has 18 heavy (non-hydrogen) atoms. The summed E-state index contributed by atoms with van der Waals surface area (Å²) in [5.41, 5.74) is 0. The Morgan fingerprint density at radius 2 is 2.17 bits per heavy atom. The Labute approximate surface area is 119 Å². The topological polar surface area (TPSA) is 46.6 Å². The number of thiol groups is 2. The minimum atomic E-state index is -0.403. The molecule has 1 rings (SSSR count). The highest BCUT2D eigenvalue weighted by Crippen LogP contribution is 2.23. The lowest BCUT2D eigenvalue weighted by atomic mass is 10.0. The van der Waals surface area contributed by atoms with Gasteiger partial charge in [-0.2, -0.15) is 25.3 Å². The molecule has 2 unspecified atom stereocenters. The van der Waals surface area contributed by atoms with Crippen LogP contribution in [0.2, 0.25) is 0 Å². The predicted octanol–water partition coefficient (Wildman–Crippen LogP) is 1.40. The molecule has 1 heterocycles. The molecule has 0 aromatic rings. The van der Waals surface area contributed by atoms with Crippen LogP contribution >= 0.6 is 25.3 Å². The quantitative estimate of drug-likeness (QED) is 0.595. The van der Waals surface area contributed by atoms with Crippen LogP contribution in [-0.2, 0) is 14.3 Å². The number of hydrogen-bond acceptors (Lipinski definition) is 5. The van der Waals surface area contributed by atoms with Gasteiger partial charge in [0.05, 0.1) is 7.11 Å². The number of esters is 1. The molecule has 0 N–H and O–H groups in total. The third-order valence-electron chi connectivity index (χ3n) is 3.27. The number of hydrogen-bond donors (Lipinski definition) is 2. The van der Waals surface area contributed by atoms with Crippen molar-refractivity contribution in [2.24, 2.45) is 5.92 Å². The maximum absolute atomic E-state index is 12.3. The molecule has 1 saturated heterocycles. The monoisotopic (exact) mass is 291 g/mol. The first-order chi connectivity index (χ1) is 8.51. The largest absolute Gasteiger partial charge is 0.467 e. The van der Waals surface area contributed by atoms with E-state index in [4.69, 9.17) is 4.74 Å². The molecule has 0 saturated carbocycles. The molecule has 0 spiro atoms. The van der Waals surface area contributed by atoms with E-state index in [9.17, 15) is 9.59 Å². The van der Waals surface area contributed by atoms with Gasteiger partial charge in [-0.3, -0.25) is 4.79 Å². The van der Waals surface area contributed by atoms with Crippen LogP contribution in [0, 0.1) is 5.92 Å². The van der Waals surface area contributed by atoms with E-state index in [1.807, 2.05) is 6.92 Å². The highest BCUT2D eigenvalue weighted by atomic mass is 32.1. The fourth-order valence-electron chi connectivity index (χ4n) is 2.28. The molecule has 1 amide bonds. The van der Waals surface area contributed by atoms with Crippen molar-refractivity contribution in [3.8, 4) is 0 Å². The maximum atomic E-state index is 12.3. The van der Waals surface area contributed by atoms with Gasteiger partial charge in [-0.25, -0.2) is 4.79 Å². The van der Waals surface area contributed by atoms with Crippen LogP contribution < -0.4 is 0 Å². The number of carbonyl (C=O) groups is 2. The predicted molar refractivity (Wildman–Crippen MR) is 77.2 cm³/mol. The van der Waals surface area contributed by atoms with Crippen LogP contribution in [-0.4, -0.2) is 47.5 Å². The van der Waals surface area contributed by atoms with E-state index in [0.717, 1.165) is 6.42 Å². The maximum Gasteiger partial charge on any atom is 0.328 e. The first-order valence-electron chi connectivity index (χ1n) is 6.18. The second kappa shape index (κ2) is 7.28. The molecular weight excluding hydrogens is 270 g/mol. The molecule has 1 fully saturated rings. The van der Waals surface area contributed by atoms with Crippen molar-refractivity contribution in [2.75, 3.05) is 19.4 Å². The molecule has 4 nitrogen and oxygen atoms in total. The van der Waals surface area contributed by atoms with Crippen molar-refractivity contribution >= 4 is 37.1 Å². The van der Waals surface area contributed by atoms with E-state index in [0.29, 0.717) is 25.1 Å². The minimum absolute atomic E-state index is 0.0173. The Balaban J connectivity index is 2.62. The smallest absolute Gasteiger partial charge is 0.328 e. The van der Waals surface area contributed by atoms with Crippen molar-refractivity contribution in [2.45, 2.75) is 37.5 Å². The highest BCUT2D eigenvalue weighted by molar-refractivity contribution is 7.84. The number of amides is 1. The number of likely N-dealkylation sites (tertiary alicyclic amines) is 1. The van der Waals surface area contributed by atoms with Gasteiger partial charge in [0, 0.05) is 23.5 Å². The molecule has 104 valence electrons. The van der Waals surface area contributed by atoms with E-state index < -0.39 is 6.04 Å². The number of ether oxygens (including phenoxy) is 1. The Kier molecular flexibility index (Phi) is 6.35. The summed E-state index contributed by atoms with van der Waals surface area (Å²) in [6, 6.07) is -0.403. The van der Waals surface area contributed by atoms with Gasteiger partial charge in [0.1, 0.15) is 6.04 Å². The van der Waals surface area contributed by atoms with Crippen LogP contribution in [0.3, 0.4) is 0 Å². The van der Waals surface area contributed by atoms with Gasteiger partial charge < -0.3 is 9.64 Å².